The lowest BCUT2D eigenvalue weighted by Gasteiger charge is -2.11. The molecule has 108 valence electrons. The van der Waals surface area contributed by atoms with Crippen molar-refractivity contribution in [3.8, 4) is 0 Å². The van der Waals surface area contributed by atoms with Crippen LogP contribution in [0.1, 0.15) is 38.6 Å². The van der Waals surface area contributed by atoms with Crippen LogP contribution in [0.2, 0.25) is 0 Å². The normalized spacial score (nSPS) is 14.3. The van der Waals surface area contributed by atoms with Crippen molar-refractivity contribution in [2.24, 2.45) is 0 Å². The van der Waals surface area contributed by atoms with E-state index in [2.05, 4.69) is 21.0 Å². The number of hydrogen-bond acceptors (Lipinski definition) is 3. The van der Waals surface area contributed by atoms with Gasteiger partial charge in [0.1, 0.15) is 5.25 Å². The Morgan fingerprint density at radius 3 is 2.53 bits per heavy atom. The van der Waals surface area contributed by atoms with Gasteiger partial charge < -0.3 is 5.11 Å². The molecule has 0 fully saturated rings. The van der Waals surface area contributed by atoms with Gasteiger partial charge in [-0.25, -0.2) is 0 Å². The lowest BCUT2D eigenvalue weighted by molar-refractivity contribution is -0.136. The third-order valence-corrected chi connectivity index (χ3v) is 5.58. The second-order valence-electron chi connectivity index (χ2n) is 4.14. The van der Waals surface area contributed by atoms with E-state index in [1.165, 1.54) is 0 Å². The van der Waals surface area contributed by atoms with Crippen LogP contribution in [0.15, 0.2) is 4.47 Å². The molecule has 0 aliphatic rings. The maximum absolute atomic E-state index is 12.2. The zero-order chi connectivity index (χ0) is 14.6. The van der Waals surface area contributed by atoms with Crippen LogP contribution in [0, 0.1) is 0 Å². The standard InChI is InChI=1S/C12H19BrN2O3S/c1-4-8-11(13)9(15(6-3)14-8)7-19(18)10(5-2)12(16)17/h10H,4-7H2,1-3H3,(H,16,17). The summed E-state index contributed by atoms with van der Waals surface area (Å²) in [7, 11) is -1.44. The first kappa shape index (κ1) is 16.4. The Hall–Kier alpha value is -0.690. The Morgan fingerprint density at radius 2 is 2.11 bits per heavy atom. The number of halogens is 1. The second-order valence-corrected chi connectivity index (χ2v) is 6.55. The Bertz CT molecular complexity index is 488. The monoisotopic (exact) mass is 350 g/mol. The molecular weight excluding hydrogens is 332 g/mol. The van der Waals surface area contributed by atoms with Gasteiger partial charge in [-0.05, 0) is 35.7 Å². The molecule has 0 aromatic carbocycles. The fraction of sp³-hybridized carbons (Fsp3) is 0.667. The van der Waals surface area contributed by atoms with Gasteiger partial charge in [0.15, 0.2) is 0 Å². The van der Waals surface area contributed by atoms with Gasteiger partial charge in [0.25, 0.3) is 0 Å². The maximum Gasteiger partial charge on any atom is 0.319 e. The molecule has 0 radical (unpaired) electrons. The van der Waals surface area contributed by atoms with Gasteiger partial charge in [0.05, 0.1) is 21.6 Å². The summed E-state index contributed by atoms with van der Waals surface area (Å²) < 4.78 is 14.8. The molecule has 7 heteroatoms. The summed E-state index contributed by atoms with van der Waals surface area (Å²) in [6, 6.07) is 0. The van der Waals surface area contributed by atoms with Crippen molar-refractivity contribution in [1.82, 2.24) is 9.78 Å². The molecular formula is C12H19BrN2O3S. The summed E-state index contributed by atoms with van der Waals surface area (Å²) in [4.78, 5) is 11.0. The molecule has 0 saturated carbocycles. The predicted molar refractivity (Wildman–Crippen MR) is 78.5 cm³/mol. The smallest absolute Gasteiger partial charge is 0.319 e. The lowest BCUT2D eigenvalue weighted by Crippen LogP contribution is -2.26. The van der Waals surface area contributed by atoms with Crippen LogP contribution >= 0.6 is 15.9 Å². The molecule has 0 saturated heterocycles. The van der Waals surface area contributed by atoms with E-state index in [-0.39, 0.29) is 5.75 Å². The van der Waals surface area contributed by atoms with Crippen molar-refractivity contribution < 1.29 is 14.1 Å². The van der Waals surface area contributed by atoms with Crippen molar-refractivity contribution in [3.05, 3.63) is 15.9 Å². The Balaban J connectivity index is 3.01. The molecule has 5 nitrogen and oxygen atoms in total. The van der Waals surface area contributed by atoms with E-state index in [0.717, 1.165) is 22.3 Å². The van der Waals surface area contributed by atoms with Crippen molar-refractivity contribution in [3.63, 3.8) is 0 Å². The largest absolute Gasteiger partial charge is 0.480 e. The average Bonchev–Trinajstić information content (AvgIpc) is 2.66. The van der Waals surface area contributed by atoms with Crippen LogP contribution < -0.4 is 0 Å². The molecule has 2 atom stereocenters. The molecule has 1 N–H and O–H groups in total. The molecule has 1 rings (SSSR count). The number of carboxylic acids is 1. The molecule has 0 amide bonds. The van der Waals surface area contributed by atoms with Crippen LogP contribution in [0.5, 0.6) is 0 Å². The highest BCUT2D eigenvalue weighted by molar-refractivity contribution is 9.10. The maximum atomic E-state index is 12.2. The molecule has 1 aromatic heterocycles. The summed E-state index contributed by atoms with van der Waals surface area (Å²) in [5, 5.41) is 12.6. The van der Waals surface area contributed by atoms with Crippen molar-refractivity contribution in [2.75, 3.05) is 0 Å². The Morgan fingerprint density at radius 1 is 1.47 bits per heavy atom. The summed E-state index contributed by atoms with van der Waals surface area (Å²) in [6.45, 7) is 6.37. The number of hydrogen-bond donors (Lipinski definition) is 1. The quantitative estimate of drug-likeness (QED) is 0.818. The van der Waals surface area contributed by atoms with E-state index < -0.39 is 22.0 Å². The minimum absolute atomic E-state index is 0.215. The van der Waals surface area contributed by atoms with Gasteiger partial charge in [-0.1, -0.05) is 13.8 Å². The number of carboxylic acid groups (broad SMARTS) is 1. The van der Waals surface area contributed by atoms with E-state index >= 15 is 0 Å². The first-order chi connectivity index (χ1) is 8.96. The highest BCUT2D eigenvalue weighted by atomic mass is 79.9. The minimum atomic E-state index is -1.44. The van der Waals surface area contributed by atoms with Gasteiger partial charge in [0.2, 0.25) is 0 Å². The zero-order valence-corrected chi connectivity index (χ0v) is 13.8. The zero-order valence-electron chi connectivity index (χ0n) is 11.4. The molecule has 0 spiro atoms. The fourth-order valence-corrected chi connectivity index (χ4v) is 4.11. The summed E-state index contributed by atoms with van der Waals surface area (Å²) in [5.41, 5.74) is 1.73. The summed E-state index contributed by atoms with van der Waals surface area (Å²) >= 11 is 3.47. The molecule has 19 heavy (non-hydrogen) atoms. The minimum Gasteiger partial charge on any atom is -0.480 e. The first-order valence-electron chi connectivity index (χ1n) is 6.30. The van der Waals surface area contributed by atoms with Crippen LogP contribution in [-0.2, 0) is 34.3 Å². The summed E-state index contributed by atoms with van der Waals surface area (Å²) in [5.74, 6) is -0.790. The summed E-state index contributed by atoms with van der Waals surface area (Å²) in [6.07, 6.45) is 1.14. The van der Waals surface area contributed by atoms with Gasteiger partial charge >= 0.3 is 5.97 Å². The van der Waals surface area contributed by atoms with Crippen LogP contribution in [-0.4, -0.2) is 30.3 Å². The van der Waals surface area contributed by atoms with Crippen LogP contribution in [0.3, 0.4) is 0 Å². The Labute approximate surface area is 124 Å². The number of carbonyl (C=O) groups is 1. The van der Waals surface area contributed by atoms with Gasteiger partial charge in [-0.15, -0.1) is 0 Å². The molecule has 1 heterocycles. The second kappa shape index (κ2) is 7.19. The number of aromatic nitrogens is 2. The van der Waals surface area contributed by atoms with Gasteiger partial charge in [-0.3, -0.25) is 13.7 Å². The third kappa shape index (κ3) is 3.66. The third-order valence-electron chi connectivity index (χ3n) is 2.94. The molecule has 0 aliphatic carbocycles. The number of aliphatic carboxylic acids is 1. The number of nitrogens with zero attached hydrogens (tertiary/aromatic N) is 2. The highest BCUT2D eigenvalue weighted by Crippen LogP contribution is 2.24. The van der Waals surface area contributed by atoms with Crippen molar-refractivity contribution in [1.29, 1.82) is 0 Å². The first-order valence-corrected chi connectivity index (χ1v) is 8.47. The SMILES string of the molecule is CCc1nn(CC)c(CS(=O)C(CC)C(=O)O)c1Br. The van der Waals surface area contributed by atoms with Crippen molar-refractivity contribution in [2.45, 2.75) is 51.2 Å². The van der Waals surface area contributed by atoms with Gasteiger partial charge in [0, 0.05) is 17.3 Å². The highest BCUT2D eigenvalue weighted by Gasteiger charge is 2.25. The van der Waals surface area contributed by atoms with Crippen LogP contribution in [0.4, 0.5) is 0 Å². The average molecular weight is 351 g/mol. The molecule has 0 aliphatic heterocycles. The molecule has 0 bridgehead atoms. The van der Waals surface area contributed by atoms with E-state index in [9.17, 15) is 9.00 Å². The topological polar surface area (TPSA) is 72.2 Å². The van der Waals surface area contributed by atoms with E-state index in [1.54, 1.807) is 11.6 Å². The van der Waals surface area contributed by atoms with E-state index in [0.29, 0.717) is 13.0 Å². The predicted octanol–water partition coefficient (Wildman–Crippen LogP) is 2.34. The number of rotatable bonds is 7. The molecule has 1 aromatic rings. The lowest BCUT2D eigenvalue weighted by atomic mass is 10.3. The van der Waals surface area contributed by atoms with Crippen LogP contribution in [0.25, 0.3) is 0 Å². The van der Waals surface area contributed by atoms with E-state index in [4.69, 9.17) is 5.11 Å². The number of aryl methyl sites for hydroxylation is 2. The van der Waals surface area contributed by atoms with Crippen molar-refractivity contribution >= 4 is 32.7 Å². The molecule has 2 unspecified atom stereocenters. The van der Waals surface area contributed by atoms with Gasteiger partial charge in [-0.2, -0.15) is 5.10 Å². The fourth-order valence-electron chi connectivity index (χ4n) is 1.86. The Kier molecular flexibility index (Phi) is 6.19. The van der Waals surface area contributed by atoms with E-state index in [1.807, 2.05) is 13.8 Å².